The van der Waals surface area contributed by atoms with Crippen molar-refractivity contribution in [3.05, 3.63) is 16.4 Å². The summed E-state index contributed by atoms with van der Waals surface area (Å²) in [5.74, 6) is 0. The van der Waals surface area contributed by atoms with Gasteiger partial charge in [-0.3, -0.25) is 4.68 Å². The zero-order valence-corrected chi connectivity index (χ0v) is 13.3. The summed E-state index contributed by atoms with van der Waals surface area (Å²) < 4.78 is 7.46. The van der Waals surface area contributed by atoms with Crippen LogP contribution in [0.1, 0.15) is 45.5 Å². The molecule has 0 radical (unpaired) electrons. The minimum atomic E-state index is -0.602. The topological polar surface area (TPSA) is 47.3 Å². The average Bonchev–Trinajstić information content (AvgIpc) is 2.66. The van der Waals surface area contributed by atoms with Gasteiger partial charge >= 0.3 is 0 Å². The van der Waals surface area contributed by atoms with Gasteiger partial charge in [-0.15, -0.1) is 0 Å². The van der Waals surface area contributed by atoms with Crippen LogP contribution >= 0.6 is 11.6 Å². The molecule has 0 spiro atoms. The van der Waals surface area contributed by atoms with E-state index in [-0.39, 0.29) is 0 Å². The van der Waals surface area contributed by atoms with Crippen molar-refractivity contribution in [1.29, 1.82) is 0 Å². The van der Waals surface area contributed by atoms with Crippen molar-refractivity contribution < 1.29 is 9.84 Å². The average molecular weight is 289 g/mol. The third kappa shape index (κ3) is 3.50. The molecule has 1 heterocycles. The molecular formula is C14H25ClN2O2. The lowest BCUT2D eigenvalue weighted by Crippen LogP contribution is -2.43. The van der Waals surface area contributed by atoms with Crippen molar-refractivity contribution in [1.82, 2.24) is 9.78 Å². The molecule has 110 valence electrons. The summed E-state index contributed by atoms with van der Waals surface area (Å²) in [6, 6.07) is 0. The number of hydrogen-bond acceptors (Lipinski definition) is 3. The van der Waals surface area contributed by atoms with Crippen LogP contribution in [0.4, 0.5) is 0 Å². The van der Waals surface area contributed by atoms with Crippen LogP contribution in [0.5, 0.6) is 0 Å². The van der Waals surface area contributed by atoms with Crippen LogP contribution in [0.25, 0.3) is 0 Å². The van der Waals surface area contributed by atoms with Crippen molar-refractivity contribution in [3.8, 4) is 0 Å². The summed E-state index contributed by atoms with van der Waals surface area (Å²) in [6.45, 7) is 8.49. The number of halogens is 1. The van der Waals surface area contributed by atoms with Gasteiger partial charge in [0.15, 0.2) is 0 Å². The highest BCUT2D eigenvalue weighted by Crippen LogP contribution is 2.27. The Balaban J connectivity index is 2.92. The van der Waals surface area contributed by atoms with Gasteiger partial charge in [-0.2, -0.15) is 5.10 Å². The van der Waals surface area contributed by atoms with Crippen LogP contribution in [0.3, 0.4) is 0 Å². The summed E-state index contributed by atoms with van der Waals surface area (Å²) in [5.41, 5.74) is 1.20. The fraction of sp³-hybridized carbons (Fsp3) is 0.786. The molecule has 1 aromatic rings. The smallest absolute Gasteiger partial charge is 0.0913 e. The van der Waals surface area contributed by atoms with Gasteiger partial charge in [0.05, 0.1) is 28.1 Å². The molecule has 0 bridgehead atoms. The molecule has 1 aromatic heterocycles. The maximum atomic E-state index is 10.5. The summed E-state index contributed by atoms with van der Waals surface area (Å²) in [7, 11) is 1.86. The zero-order valence-electron chi connectivity index (χ0n) is 12.5. The molecule has 0 amide bonds. The molecule has 1 N–H and O–H groups in total. The van der Waals surface area contributed by atoms with Crippen LogP contribution < -0.4 is 0 Å². The molecule has 2 atom stereocenters. The highest BCUT2D eigenvalue weighted by atomic mass is 35.5. The number of ether oxygens (including phenoxy) is 1. The van der Waals surface area contributed by atoms with Crippen molar-refractivity contribution >= 4 is 11.6 Å². The predicted molar refractivity (Wildman–Crippen MR) is 77.6 cm³/mol. The van der Waals surface area contributed by atoms with Gasteiger partial charge in [-0.1, -0.05) is 25.4 Å². The van der Waals surface area contributed by atoms with E-state index in [1.807, 2.05) is 34.7 Å². The van der Waals surface area contributed by atoms with Gasteiger partial charge < -0.3 is 9.84 Å². The predicted octanol–water partition coefficient (Wildman–Crippen LogP) is 2.74. The van der Waals surface area contributed by atoms with Crippen molar-refractivity contribution in [2.45, 2.75) is 58.7 Å². The monoisotopic (exact) mass is 288 g/mol. The van der Waals surface area contributed by atoms with E-state index >= 15 is 0 Å². The van der Waals surface area contributed by atoms with E-state index in [2.05, 4.69) is 5.10 Å². The molecule has 0 aromatic carbocycles. The summed E-state index contributed by atoms with van der Waals surface area (Å²) in [6.07, 6.45) is 1.39. The van der Waals surface area contributed by atoms with Crippen molar-refractivity contribution in [2.24, 2.45) is 7.05 Å². The SMILES string of the molecule is CCOC(C)(CC)C(O)Cc1c(Cl)c(CC)nn1C. The second-order valence-electron chi connectivity index (χ2n) is 5.00. The Morgan fingerprint density at radius 1 is 1.42 bits per heavy atom. The molecule has 2 unspecified atom stereocenters. The lowest BCUT2D eigenvalue weighted by atomic mass is 9.92. The second-order valence-corrected chi connectivity index (χ2v) is 5.38. The molecule has 5 heteroatoms. The molecule has 0 aliphatic heterocycles. The van der Waals surface area contributed by atoms with E-state index in [0.717, 1.165) is 24.2 Å². The highest BCUT2D eigenvalue weighted by molar-refractivity contribution is 6.31. The zero-order chi connectivity index (χ0) is 14.6. The molecule has 0 aliphatic rings. The standard InChI is InChI=1S/C14H25ClN2O2/c1-6-10-13(15)11(17(5)16-10)9-12(18)14(4,7-2)19-8-3/h12,18H,6-9H2,1-5H3. The van der Waals surface area contributed by atoms with E-state index in [4.69, 9.17) is 16.3 Å². The third-order valence-corrected chi connectivity index (χ3v) is 4.21. The van der Waals surface area contributed by atoms with Crippen LogP contribution in [-0.4, -0.2) is 33.2 Å². The quantitative estimate of drug-likeness (QED) is 0.839. The lowest BCUT2D eigenvalue weighted by Gasteiger charge is -2.33. The maximum absolute atomic E-state index is 10.5. The number of aromatic nitrogens is 2. The second kappa shape index (κ2) is 6.73. The molecule has 0 saturated heterocycles. The summed E-state index contributed by atoms with van der Waals surface area (Å²) >= 11 is 6.31. The first-order chi connectivity index (χ1) is 8.89. The molecule has 19 heavy (non-hydrogen) atoms. The molecule has 0 fully saturated rings. The third-order valence-electron chi connectivity index (χ3n) is 3.77. The number of hydrogen-bond donors (Lipinski definition) is 1. The number of nitrogens with zero attached hydrogens (tertiary/aromatic N) is 2. The van der Waals surface area contributed by atoms with Crippen molar-refractivity contribution in [3.63, 3.8) is 0 Å². The van der Waals surface area contributed by atoms with E-state index < -0.39 is 11.7 Å². The molecule has 0 aliphatic carbocycles. The Bertz CT molecular complexity index is 420. The summed E-state index contributed by atoms with van der Waals surface area (Å²) in [5, 5.41) is 15.5. The summed E-state index contributed by atoms with van der Waals surface area (Å²) in [4.78, 5) is 0. The normalized spacial score (nSPS) is 16.4. The Morgan fingerprint density at radius 2 is 2.05 bits per heavy atom. The molecular weight excluding hydrogens is 264 g/mol. The molecule has 0 saturated carbocycles. The first-order valence-corrected chi connectivity index (χ1v) is 7.29. The fourth-order valence-electron chi connectivity index (χ4n) is 2.20. The Kier molecular flexibility index (Phi) is 5.83. The number of aliphatic hydroxyl groups is 1. The van der Waals surface area contributed by atoms with Crippen LogP contribution in [-0.2, 0) is 24.6 Å². The largest absolute Gasteiger partial charge is 0.390 e. The number of aryl methyl sites for hydroxylation is 2. The fourth-order valence-corrected chi connectivity index (χ4v) is 2.58. The van der Waals surface area contributed by atoms with Gasteiger partial charge in [0.2, 0.25) is 0 Å². The van der Waals surface area contributed by atoms with Gasteiger partial charge in [0, 0.05) is 20.1 Å². The first-order valence-electron chi connectivity index (χ1n) is 6.91. The molecule has 4 nitrogen and oxygen atoms in total. The van der Waals surface area contributed by atoms with Gasteiger partial charge in [-0.25, -0.2) is 0 Å². The van der Waals surface area contributed by atoms with E-state index in [0.29, 0.717) is 18.1 Å². The maximum Gasteiger partial charge on any atom is 0.0913 e. The minimum Gasteiger partial charge on any atom is -0.390 e. The van der Waals surface area contributed by atoms with Crippen LogP contribution in [0, 0.1) is 0 Å². The Morgan fingerprint density at radius 3 is 2.47 bits per heavy atom. The minimum absolute atomic E-state index is 0.451. The Hall–Kier alpha value is -0.580. The number of aliphatic hydroxyl groups excluding tert-OH is 1. The van der Waals surface area contributed by atoms with Crippen LogP contribution in [0.2, 0.25) is 5.02 Å². The van der Waals surface area contributed by atoms with Crippen molar-refractivity contribution in [2.75, 3.05) is 6.61 Å². The van der Waals surface area contributed by atoms with Gasteiger partial charge in [0.25, 0.3) is 0 Å². The first kappa shape index (κ1) is 16.5. The number of rotatable bonds is 7. The Labute approximate surface area is 120 Å². The highest BCUT2D eigenvalue weighted by Gasteiger charge is 2.33. The van der Waals surface area contributed by atoms with Gasteiger partial charge in [-0.05, 0) is 26.7 Å². The van der Waals surface area contributed by atoms with E-state index in [9.17, 15) is 5.11 Å². The van der Waals surface area contributed by atoms with E-state index in [1.165, 1.54) is 0 Å². The molecule has 1 rings (SSSR count). The lowest BCUT2D eigenvalue weighted by molar-refractivity contribution is -0.110. The van der Waals surface area contributed by atoms with Crippen LogP contribution in [0.15, 0.2) is 0 Å². The van der Waals surface area contributed by atoms with E-state index in [1.54, 1.807) is 4.68 Å². The van der Waals surface area contributed by atoms with Gasteiger partial charge in [0.1, 0.15) is 0 Å².